The van der Waals surface area contributed by atoms with Crippen LogP contribution in [0, 0.1) is 0 Å². The fraction of sp³-hybridized carbons (Fsp3) is 0.318. The Morgan fingerprint density at radius 2 is 2.10 bits per heavy atom. The molecular formula is C22H24N2O6S. The number of nitrogens with one attached hydrogen (secondary N) is 1. The number of methoxy groups -OCH3 is 1. The average Bonchev–Trinajstić information content (AvgIpc) is 3.46. The standard InChI is InChI=1S/C22H24N2O6S/c1-3-31(25,26)18-7-8-20(27-2)19(12-18)24-22-23-13-21(30-22)15-5-4-6-16(11-15)29-17-9-10-28-14-17/h4-8,11-13,17H,3,9-10,14H2,1-2H3,(H,23,24). The number of oxazole rings is 1. The van der Waals surface area contributed by atoms with Crippen molar-refractivity contribution in [2.24, 2.45) is 0 Å². The van der Waals surface area contributed by atoms with Gasteiger partial charge in [0.15, 0.2) is 15.6 Å². The molecule has 1 saturated heterocycles. The SMILES string of the molecule is CCS(=O)(=O)c1ccc(OC)c(Nc2ncc(-c3cccc(OC4CCOC4)c3)o2)c1. The fourth-order valence-electron chi connectivity index (χ4n) is 3.25. The molecule has 1 atom stereocenters. The molecule has 1 aliphatic rings. The average molecular weight is 445 g/mol. The van der Waals surface area contributed by atoms with E-state index < -0.39 is 9.84 Å². The molecule has 2 aromatic carbocycles. The van der Waals surface area contributed by atoms with Crippen molar-refractivity contribution >= 4 is 21.5 Å². The Hall–Kier alpha value is -3.04. The first-order chi connectivity index (χ1) is 15.0. The van der Waals surface area contributed by atoms with Crippen LogP contribution < -0.4 is 14.8 Å². The predicted molar refractivity (Wildman–Crippen MR) is 116 cm³/mol. The second-order valence-electron chi connectivity index (χ2n) is 7.05. The summed E-state index contributed by atoms with van der Waals surface area (Å²) in [4.78, 5) is 4.46. The number of hydrogen-bond acceptors (Lipinski definition) is 8. The van der Waals surface area contributed by atoms with Gasteiger partial charge in [0.2, 0.25) is 0 Å². The van der Waals surface area contributed by atoms with Gasteiger partial charge in [0.25, 0.3) is 6.01 Å². The number of aromatic nitrogens is 1. The number of rotatable bonds is 8. The summed E-state index contributed by atoms with van der Waals surface area (Å²) in [6.45, 7) is 2.91. The number of nitrogens with zero attached hydrogens (tertiary/aromatic N) is 1. The molecule has 0 saturated carbocycles. The van der Waals surface area contributed by atoms with Gasteiger partial charge in [-0.25, -0.2) is 13.4 Å². The van der Waals surface area contributed by atoms with Crippen LogP contribution in [0.1, 0.15) is 13.3 Å². The highest BCUT2D eigenvalue weighted by Gasteiger charge is 2.18. The zero-order chi connectivity index (χ0) is 21.8. The Labute approximate surface area is 181 Å². The van der Waals surface area contributed by atoms with E-state index in [0.717, 1.165) is 17.7 Å². The van der Waals surface area contributed by atoms with Crippen molar-refractivity contribution in [1.29, 1.82) is 0 Å². The van der Waals surface area contributed by atoms with E-state index in [1.54, 1.807) is 19.2 Å². The van der Waals surface area contributed by atoms with E-state index >= 15 is 0 Å². The monoisotopic (exact) mass is 444 g/mol. The Morgan fingerprint density at radius 3 is 2.84 bits per heavy atom. The van der Waals surface area contributed by atoms with E-state index in [4.69, 9.17) is 18.6 Å². The van der Waals surface area contributed by atoms with Crippen molar-refractivity contribution in [3.8, 4) is 22.8 Å². The lowest BCUT2D eigenvalue weighted by molar-refractivity contribution is 0.141. The van der Waals surface area contributed by atoms with E-state index in [2.05, 4.69) is 10.3 Å². The molecule has 3 aromatic rings. The molecule has 2 heterocycles. The van der Waals surface area contributed by atoms with Crippen LogP contribution in [0.15, 0.2) is 58.0 Å². The number of anilines is 2. The molecule has 31 heavy (non-hydrogen) atoms. The van der Waals surface area contributed by atoms with Gasteiger partial charge < -0.3 is 23.9 Å². The summed E-state index contributed by atoms with van der Waals surface area (Å²) in [7, 11) is -1.85. The molecule has 9 heteroatoms. The van der Waals surface area contributed by atoms with Crippen LogP contribution in [0.4, 0.5) is 11.7 Å². The molecule has 1 aliphatic heterocycles. The molecule has 0 aliphatic carbocycles. The van der Waals surface area contributed by atoms with Gasteiger partial charge in [-0.2, -0.15) is 0 Å². The summed E-state index contributed by atoms with van der Waals surface area (Å²) in [5.74, 6) is 1.77. The maximum absolute atomic E-state index is 12.2. The maximum atomic E-state index is 12.2. The van der Waals surface area contributed by atoms with Crippen LogP contribution in [0.3, 0.4) is 0 Å². The van der Waals surface area contributed by atoms with Gasteiger partial charge in [0, 0.05) is 12.0 Å². The van der Waals surface area contributed by atoms with Crippen molar-refractivity contribution in [3.63, 3.8) is 0 Å². The van der Waals surface area contributed by atoms with E-state index in [9.17, 15) is 8.42 Å². The number of hydrogen-bond donors (Lipinski definition) is 1. The molecule has 1 aromatic heterocycles. The van der Waals surface area contributed by atoms with E-state index in [0.29, 0.717) is 30.4 Å². The lowest BCUT2D eigenvalue weighted by Crippen LogP contribution is -2.15. The van der Waals surface area contributed by atoms with Crippen molar-refractivity contribution in [3.05, 3.63) is 48.7 Å². The number of benzene rings is 2. The van der Waals surface area contributed by atoms with Crippen LogP contribution in [-0.2, 0) is 14.6 Å². The van der Waals surface area contributed by atoms with Crippen LogP contribution in [0.5, 0.6) is 11.5 Å². The van der Waals surface area contributed by atoms with Crippen LogP contribution in [0.25, 0.3) is 11.3 Å². The minimum Gasteiger partial charge on any atom is -0.495 e. The smallest absolute Gasteiger partial charge is 0.299 e. The van der Waals surface area contributed by atoms with Crippen molar-refractivity contribution in [1.82, 2.24) is 4.98 Å². The third-order valence-corrected chi connectivity index (χ3v) is 6.70. The Kier molecular flexibility index (Phi) is 6.15. The second kappa shape index (κ2) is 8.99. The molecule has 1 fully saturated rings. The first-order valence-electron chi connectivity index (χ1n) is 9.97. The highest BCUT2D eigenvalue weighted by atomic mass is 32.2. The van der Waals surface area contributed by atoms with Gasteiger partial charge >= 0.3 is 0 Å². The molecule has 0 amide bonds. The Balaban J connectivity index is 1.55. The normalized spacial score (nSPS) is 16.3. The van der Waals surface area contributed by atoms with Gasteiger partial charge in [0.1, 0.15) is 17.6 Å². The largest absolute Gasteiger partial charge is 0.495 e. The van der Waals surface area contributed by atoms with E-state index in [1.165, 1.54) is 19.2 Å². The lowest BCUT2D eigenvalue weighted by atomic mass is 10.2. The fourth-order valence-corrected chi connectivity index (χ4v) is 4.15. The van der Waals surface area contributed by atoms with E-state index in [1.807, 2.05) is 24.3 Å². The third-order valence-electron chi connectivity index (χ3n) is 4.97. The second-order valence-corrected chi connectivity index (χ2v) is 9.33. The zero-order valence-corrected chi connectivity index (χ0v) is 18.1. The minimum absolute atomic E-state index is 0.00725. The summed E-state index contributed by atoms with van der Waals surface area (Å²) < 4.78 is 46.9. The summed E-state index contributed by atoms with van der Waals surface area (Å²) in [5.41, 5.74) is 1.26. The predicted octanol–water partition coefficient (Wildman–Crippen LogP) is 4.06. The van der Waals surface area contributed by atoms with Gasteiger partial charge in [0.05, 0.1) is 42.9 Å². The van der Waals surface area contributed by atoms with Crippen molar-refractivity contribution in [2.75, 3.05) is 31.4 Å². The molecule has 8 nitrogen and oxygen atoms in total. The Bertz CT molecular complexity index is 1150. The third kappa shape index (κ3) is 4.83. The summed E-state index contributed by atoms with van der Waals surface area (Å²) in [6, 6.07) is 12.4. The van der Waals surface area contributed by atoms with Gasteiger partial charge in [-0.15, -0.1) is 0 Å². The highest BCUT2D eigenvalue weighted by Crippen LogP contribution is 2.32. The van der Waals surface area contributed by atoms with Crippen molar-refractivity contribution in [2.45, 2.75) is 24.3 Å². The summed E-state index contributed by atoms with van der Waals surface area (Å²) >= 11 is 0. The quantitative estimate of drug-likeness (QED) is 0.555. The summed E-state index contributed by atoms with van der Waals surface area (Å²) in [6.07, 6.45) is 2.52. The maximum Gasteiger partial charge on any atom is 0.299 e. The molecule has 0 spiro atoms. The van der Waals surface area contributed by atoms with Crippen LogP contribution >= 0.6 is 0 Å². The summed E-state index contributed by atoms with van der Waals surface area (Å²) in [5, 5.41) is 3.01. The Morgan fingerprint density at radius 1 is 1.23 bits per heavy atom. The van der Waals surface area contributed by atoms with Gasteiger partial charge in [-0.1, -0.05) is 19.1 Å². The van der Waals surface area contributed by atoms with Crippen LogP contribution in [0.2, 0.25) is 0 Å². The molecule has 4 rings (SSSR count). The zero-order valence-electron chi connectivity index (χ0n) is 17.3. The minimum atomic E-state index is -3.36. The molecule has 0 radical (unpaired) electrons. The molecular weight excluding hydrogens is 420 g/mol. The molecule has 1 N–H and O–H groups in total. The first-order valence-corrected chi connectivity index (χ1v) is 11.6. The van der Waals surface area contributed by atoms with Crippen molar-refractivity contribution < 1.29 is 27.0 Å². The van der Waals surface area contributed by atoms with Crippen LogP contribution in [-0.4, -0.2) is 45.6 Å². The van der Waals surface area contributed by atoms with E-state index in [-0.39, 0.29) is 22.8 Å². The lowest BCUT2D eigenvalue weighted by Gasteiger charge is -2.12. The van der Waals surface area contributed by atoms with Gasteiger partial charge in [-0.3, -0.25) is 0 Å². The molecule has 1 unspecified atom stereocenters. The highest BCUT2D eigenvalue weighted by molar-refractivity contribution is 7.91. The number of ether oxygens (including phenoxy) is 3. The first kappa shape index (κ1) is 21.2. The topological polar surface area (TPSA) is 99.9 Å². The molecule has 0 bridgehead atoms. The number of sulfone groups is 1. The van der Waals surface area contributed by atoms with Gasteiger partial charge in [-0.05, 0) is 30.3 Å². The molecule has 164 valence electrons.